The second kappa shape index (κ2) is 17.0. The number of morpholine rings is 1. The van der Waals surface area contributed by atoms with Gasteiger partial charge in [0.25, 0.3) is 5.91 Å². The lowest BCUT2D eigenvalue weighted by Gasteiger charge is -2.44. The smallest absolute Gasteiger partial charge is 0.324 e. The fourth-order valence-electron chi connectivity index (χ4n) is 9.72. The number of methoxy groups -OCH3 is 1. The summed E-state index contributed by atoms with van der Waals surface area (Å²) in [6.45, 7) is 17.1. The van der Waals surface area contributed by atoms with Crippen LogP contribution in [0.5, 0.6) is 0 Å². The van der Waals surface area contributed by atoms with Gasteiger partial charge in [0.1, 0.15) is 12.1 Å². The zero-order valence-corrected chi connectivity index (χ0v) is 37.2. The number of nitrogens with zero attached hydrogens (tertiary/aromatic N) is 6. The topological polar surface area (TPSA) is 143 Å². The lowest BCUT2D eigenvalue weighted by Crippen LogP contribution is -2.60. The minimum absolute atomic E-state index is 0.0937. The zero-order valence-electron chi connectivity index (χ0n) is 36.4. The van der Waals surface area contributed by atoms with Crippen LogP contribution in [0.15, 0.2) is 35.8 Å². The van der Waals surface area contributed by atoms with E-state index in [2.05, 4.69) is 84.0 Å². The largest absolute Gasteiger partial charge is 0.464 e. The maximum Gasteiger partial charge on any atom is 0.324 e. The van der Waals surface area contributed by atoms with Gasteiger partial charge in [-0.3, -0.25) is 29.3 Å². The number of hydrogen-bond acceptors (Lipinski definition) is 12. The first kappa shape index (κ1) is 41.9. The summed E-state index contributed by atoms with van der Waals surface area (Å²) in [6.07, 6.45) is 4.57. The lowest BCUT2D eigenvalue weighted by molar-refractivity contribution is -0.155. The van der Waals surface area contributed by atoms with Crippen LogP contribution in [0.4, 0.5) is 5.69 Å². The quantitative estimate of drug-likeness (QED) is 0.232. The van der Waals surface area contributed by atoms with E-state index in [4.69, 9.17) is 24.2 Å². The Morgan fingerprint density at radius 1 is 1.16 bits per heavy atom. The highest BCUT2D eigenvalue weighted by atomic mass is 32.1. The Morgan fingerprint density at radius 3 is 2.79 bits per heavy atom. The second-order valence-electron chi connectivity index (χ2n) is 18.5. The number of benzene rings is 1. The average Bonchev–Trinajstić information content (AvgIpc) is 3.70. The van der Waals surface area contributed by atoms with Crippen molar-refractivity contribution in [3.63, 3.8) is 0 Å². The van der Waals surface area contributed by atoms with Crippen molar-refractivity contribution in [3.8, 4) is 22.5 Å². The number of piperazine rings is 1. The molecule has 6 atom stereocenters. The standard InChI is InChI=1S/C46H60N8O6S/c1-7-53-39-11-10-29-18-33(39)35(42(53)34-19-30(22-47-41(34)28(3)58-6)52-14-13-51-15-16-59-24-31(51)23-52)21-46(4,5)26-60-45(57)36-9-8-12-54(50-36)44(56)37(20-40-48-38(29)25-61-40)49-43(55)32-17-27(32)2/h10-11,18-19,22,25,27-28,31-32,36-37,50H,7-9,12-17,20-21,23-24,26H2,1-6H3,(H,49,55)/t27-,28-,31-,32-,36-,37-/m0/s1. The zero-order chi connectivity index (χ0) is 42.6. The molecule has 326 valence electrons. The molecular formula is C46H60N8O6S. The number of thiazole rings is 1. The van der Waals surface area contributed by atoms with E-state index in [0.717, 1.165) is 108 Å². The van der Waals surface area contributed by atoms with E-state index in [9.17, 15) is 14.4 Å². The van der Waals surface area contributed by atoms with E-state index in [1.54, 1.807) is 7.11 Å². The van der Waals surface area contributed by atoms with Crippen LogP contribution in [0.3, 0.4) is 0 Å². The van der Waals surface area contributed by atoms with Crippen molar-refractivity contribution in [3.05, 3.63) is 52.1 Å². The van der Waals surface area contributed by atoms with Crippen LogP contribution in [0.25, 0.3) is 33.4 Å². The first-order chi connectivity index (χ1) is 29.4. The number of carbonyl (C=O) groups excluding carboxylic acids is 3. The maximum absolute atomic E-state index is 14.2. The normalized spacial score (nSPS) is 26.4. The summed E-state index contributed by atoms with van der Waals surface area (Å²) >= 11 is 1.49. The molecule has 0 unspecified atom stereocenters. The molecule has 7 heterocycles. The highest BCUT2D eigenvalue weighted by Crippen LogP contribution is 2.43. The number of nitrogens with one attached hydrogen (secondary N) is 2. The van der Waals surface area contributed by atoms with Crippen molar-refractivity contribution in [1.82, 2.24) is 35.2 Å². The fraction of sp³-hybridized carbons (Fsp3) is 0.587. The number of anilines is 1. The van der Waals surface area contributed by atoms with Gasteiger partial charge in [0.15, 0.2) is 0 Å². The molecule has 3 saturated heterocycles. The van der Waals surface area contributed by atoms with Gasteiger partial charge < -0.3 is 29.0 Å². The number of ether oxygens (including phenoxy) is 3. The SMILES string of the molecule is CCn1c(-c2cc(N3CCN4CCOC[C@@H]4C3)cnc2[C@H](C)OC)c2c3cc(ccc31)-c1csc(n1)C[C@H](NC(=O)[C@H]1C[C@@H]1C)C(=O)N1CCC[C@H](N1)C(=O)OCC(C)(C)C2. The van der Waals surface area contributed by atoms with Gasteiger partial charge in [-0.15, -0.1) is 11.3 Å². The monoisotopic (exact) mass is 852 g/mol. The van der Waals surface area contributed by atoms with Gasteiger partial charge in [-0.1, -0.05) is 26.8 Å². The number of pyridine rings is 1. The maximum atomic E-state index is 14.2. The van der Waals surface area contributed by atoms with Crippen molar-refractivity contribution in [1.29, 1.82) is 0 Å². The molecule has 15 heteroatoms. The molecule has 2 amide bonds. The molecule has 0 spiro atoms. The Labute approximate surface area is 362 Å². The lowest BCUT2D eigenvalue weighted by atomic mass is 9.84. The number of rotatable bonds is 7. The van der Waals surface area contributed by atoms with Crippen LogP contribution < -0.4 is 15.6 Å². The van der Waals surface area contributed by atoms with Gasteiger partial charge >= 0.3 is 5.97 Å². The van der Waals surface area contributed by atoms with Gasteiger partial charge in [-0.2, -0.15) is 0 Å². The summed E-state index contributed by atoms with van der Waals surface area (Å²) in [5.41, 5.74) is 10.8. The number of aromatic nitrogens is 3. The van der Waals surface area contributed by atoms with Gasteiger partial charge in [0.05, 0.1) is 65.9 Å². The molecule has 5 aliphatic rings. The molecular weight excluding hydrogens is 793 g/mol. The molecule has 4 aromatic rings. The van der Waals surface area contributed by atoms with Crippen LogP contribution in [0.2, 0.25) is 0 Å². The third-order valence-corrected chi connectivity index (χ3v) is 14.3. The summed E-state index contributed by atoms with van der Waals surface area (Å²) in [5.74, 6) is -0.576. The Morgan fingerprint density at radius 2 is 2.00 bits per heavy atom. The summed E-state index contributed by atoms with van der Waals surface area (Å²) in [4.78, 5) is 56.5. The summed E-state index contributed by atoms with van der Waals surface area (Å²) in [5, 5.41) is 8.46. The van der Waals surface area contributed by atoms with Crippen LogP contribution >= 0.6 is 11.3 Å². The van der Waals surface area contributed by atoms with E-state index in [-0.39, 0.29) is 36.9 Å². The van der Waals surface area contributed by atoms with E-state index >= 15 is 0 Å². The molecule has 2 N–H and O–H groups in total. The molecule has 1 saturated carbocycles. The van der Waals surface area contributed by atoms with Gasteiger partial charge in [0, 0.05) is 91.5 Å². The number of esters is 1. The van der Waals surface area contributed by atoms with E-state index in [1.807, 2.05) is 11.6 Å². The van der Waals surface area contributed by atoms with E-state index in [1.165, 1.54) is 16.3 Å². The van der Waals surface area contributed by atoms with Crippen molar-refractivity contribution in [2.45, 2.75) is 97.5 Å². The summed E-state index contributed by atoms with van der Waals surface area (Å²) in [7, 11) is 1.73. The van der Waals surface area contributed by atoms with Crippen molar-refractivity contribution >= 4 is 45.7 Å². The number of cyclic esters (lactones) is 1. The van der Waals surface area contributed by atoms with Crippen molar-refractivity contribution < 1.29 is 28.6 Å². The first-order valence-electron chi connectivity index (χ1n) is 22.2. The highest BCUT2D eigenvalue weighted by molar-refractivity contribution is 7.10. The highest BCUT2D eigenvalue weighted by Gasteiger charge is 2.42. The second-order valence-corrected chi connectivity index (χ2v) is 19.4. The van der Waals surface area contributed by atoms with Crippen LogP contribution in [-0.4, -0.2) is 120 Å². The number of carbonyl (C=O) groups is 3. The number of fused-ring (bicyclic) bond motifs is 7. The van der Waals surface area contributed by atoms with Crippen LogP contribution in [-0.2, 0) is 48.0 Å². The third kappa shape index (κ3) is 8.43. The fourth-order valence-corrected chi connectivity index (χ4v) is 10.6. The molecule has 3 aromatic heterocycles. The Balaban J connectivity index is 1.16. The number of aryl methyl sites for hydroxylation is 1. The van der Waals surface area contributed by atoms with Crippen molar-refractivity contribution in [2.24, 2.45) is 17.3 Å². The van der Waals surface area contributed by atoms with Crippen molar-refractivity contribution in [2.75, 3.05) is 64.6 Å². The minimum Gasteiger partial charge on any atom is -0.464 e. The van der Waals surface area contributed by atoms with Crippen LogP contribution in [0, 0.1) is 17.3 Å². The molecule has 9 rings (SSSR count). The molecule has 0 radical (unpaired) electrons. The third-order valence-electron chi connectivity index (χ3n) is 13.5. The molecule has 1 aliphatic carbocycles. The van der Waals surface area contributed by atoms with E-state index in [0.29, 0.717) is 37.8 Å². The molecule has 14 nitrogen and oxygen atoms in total. The minimum atomic E-state index is -0.831. The average molecular weight is 853 g/mol. The first-order valence-corrected chi connectivity index (χ1v) is 23.0. The molecule has 6 bridgehead atoms. The number of amides is 2. The van der Waals surface area contributed by atoms with Gasteiger partial charge in [0.2, 0.25) is 5.91 Å². The Hall–Kier alpha value is -4.41. The van der Waals surface area contributed by atoms with Gasteiger partial charge in [-0.25, -0.2) is 10.4 Å². The number of hydrogen-bond donors (Lipinski definition) is 2. The summed E-state index contributed by atoms with van der Waals surface area (Å²) in [6, 6.07) is 7.68. The number of hydrazine groups is 1. The van der Waals surface area contributed by atoms with Gasteiger partial charge in [-0.05, 0) is 69.2 Å². The molecule has 4 aliphatic heterocycles. The molecule has 4 fully saturated rings. The predicted molar refractivity (Wildman–Crippen MR) is 235 cm³/mol. The summed E-state index contributed by atoms with van der Waals surface area (Å²) < 4.78 is 20.4. The predicted octanol–water partition coefficient (Wildman–Crippen LogP) is 5.38. The molecule has 61 heavy (non-hydrogen) atoms. The van der Waals surface area contributed by atoms with E-state index < -0.39 is 23.5 Å². The van der Waals surface area contributed by atoms with Crippen LogP contribution in [0.1, 0.15) is 76.3 Å². The molecule has 1 aromatic carbocycles. The Kier molecular flexibility index (Phi) is 11.7. The Bertz CT molecular complexity index is 2310.